The van der Waals surface area contributed by atoms with E-state index in [0.717, 1.165) is 0 Å². The van der Waals surface area contributed by atoms with E-state index in [9.17, 15) is 13.2 Å². The number of hydrogen-bond donors (Lipinski definition) is 1. The number of nitrogens with one attached hydrogen (secondary N) is 1. The second-order valence-corrected chi connectivity index (χ2v) is 8.21. The first-order chi connectivity index (χ1) is 9.57. The number of benzene rings is 1. The van der Waals surface area contributed by atoms with Gasteiger partial charge in [0.2, 0.25) is 5.91 Å². The van der Waals surface area contributed by atoms with E-state index < -0.39 is 14.6 Å². The fourth-order valence-electron chi connectivity index (χ4n) is 1.52. The molecule has 0 aliphatic carbocycles. The molecule has 0 atom stereocenters. The van der Waals surface area contributed by atoms with E-state index in [4.69, 9.17) is 5.26 Å². The molecule has 0 spiro atoms. The van der Waals surface area contributed by atoms with Crippen LogP contribution in [0.4, 0.5) is 5.69 Å². The summed E-state index contributed by atoms with van der Waals surface area (Å²) < 4.78 is 23.5. The van der Waals surface area contributed by atoms with Gasteiger partial charge in [0.25, 0.3) is 0 Å². The highest BCUT2D eigenvalue weighted by atomic mass is 32.2. The van der Waals surface area contributed by atoms with Gasteiger partial charge in [-0.05, 0) is 44.5 Å². The van der Waals surface area contributed by atoms with Gasteiger partial charge in [-0.2, -0.15) is 5.26 Å². The summed E-state index contributed by atoms with van der Waals surface area (Å²) in [6.45, 7) is 6.05. The van der Waals surface area contributed by atoms with Crippen LogP contribution in [0, 0.1) is 11.3 Å². The van der Waals surface area contributed by atoms with E-state index >= 15 is 0 Å². The third-order valence-corrected chi connectivity index (χ3v) is 5.14. The predicted molar refractivity (Wildman–Crippen MR) is 83.0 cm³/mol. The number of anilines is 1. The molecule has 0 aliphatic heterocycles. The lowest BCUT2D eigenvalue weighted by atomic mass is 10.2. The maximum Gasteiger partial charge on any atom is 0.221 e. The third-order valence-electron chi connectivity index (χ3n) is 2.73. The van der Waals surface area contributed by atoms with Gasteiger partial charge in [0.15, 0.2) is 9.84 Å². The molecule has 21 heavy (non-hydrogen) atoms. The van der Waals surface area contributed by atoms with Crippen LogP contribution in [0.3, 0.4) is 0 Å². The zero-order chi connectivity index (χ0) is 16.3. The molecule has 1 aromatic rings. The molecule has 0 unspecified atom stereocenters. The smallest absolute Gasteiger partial charge is 0.221 e. The number of sulfone groups is 1. The van der Waals surface area contributed by atoms with Crippen LogP contribution in [0.1, 0.15) is 33.3 Å². The minimum absolute atomic E-state index is 0.189. The summed E-state index contributed by atoms with van der Waals surface area (Å²) >= 11 is 0. The quantitative estimate of drug-likeness (QED) is 0.870. The molecule has 1 amide bonds. The number of amides is 1. The highest BCUT2D eigenvalue weighted by Crippen LogP contribution is 2.25. The fraction of sp³-hybridized carbons (Fsp3) is 0.333. The van der Waals surface area contributed by atoms with Crippen LogP contribution in [0.25, 0.3) is 6.08 Å². The van der Waals surface area contributed by atoms with E-state index in [0.29, 0.717) is 11.3 Å². The Labute approximate surface area is 125 Å². The van der Waals surface area contributed by atoms with Crippen molar-refractivity contribution in [1.29, 1.82) is 5.26 Å². The lowest BCUT2D eigenvalue weighted by Crippen LogP contribution is -2.28. The maximum atomic E-state index is 12.3. The lowest BCUT2D eigenvalue weighted by molar-refractivity contribution is -0.114. The summed E-state index contributed by atoms with van der Waals surface area (Å²) in [5.41, 5.74) is 1.19. The molecule has 112 valence electrons. The maximum absolute atomic E-state index is 12.3. The van der Waals surface area contributed by atoms with Gasteiger partial charge in [-0.25, -0.2) is 8.42 Å². The number of carbonyl (C=O) groups is 1. The molecule has 0 radical (unpaired) electrons. The molecule has 1 N–H and O–H groups in total. The molecule has 6 heteroatoms. The van der Waals surface area contributed by atoms with Gasteiger partial charge in [-0.1, -0.05) is 12.1 Å². The summed E-state index contributed by atoms with van der Waals surface area (Å²) in [5.74, 6) is -0.189. The fourth-order valence-corrected chi connectivity index (χ4v) is 2.59. The van der Waals surface area contributed by atoms with E-state index in [-0.39, 0.29) is 10.8 Å². The monoisotopic (exact) mass is 306 g/mol. The SMILES string of the molecule is CC(=O)Nc1ccc(/C=C(\C#N)S(=O)(=O)C(C)(C)C)cc1. The van der Waals surface area contributed by atoms with Crippen molar-refractivity contribution in [2.75, 3.05) is 5.32 Å². The molecule has 0 aromatic heterocycles. The molecule has 5 nitrogen and oxygen atoms in total. The molecule has 0 saturated heterocycles. The van der Waals surface area contributed by atoms with Crippen molar-refractivity contribution < 1.29 is 13.2 Å². The second-order valence-electron chi connectivity index (χ2n) is 5.54. The summed E-state index contributed by atoms with van der Waals surface area (Å²) in [7, 11) is -3.69. The van der Waals surface area contributed by atoms with Gasteiger partial charge in [0.05, 0.1) is 4.75 Å². The zero-order valence-corrected chi connectivity index (χ0v) is 13.3. The molecule has 0 fully saturated rings. The van der Waals surface area contributed by atoms with Crippen molar-refractivity contribution in [3.05, 3.63) is 34.7 Å². The van der Waals surface area contributed by atoms with E-state index in [2.05, 4.69) is 5.32 Å². The Bertz CT molecular complexity index is 703. The van der Waals surface area contributed by atoms with Crippen LogP contribution in [0.2, 0.25) is 0 Å². The highest BCUT2D eigenvalue weighted by Gasteiger charge is 2.32. The summed E-state index contributed by atoms with van der Waals surface area (Å²) in [6.07, 6.45) is 1.33. The Hall–Kier alpha value is -2.13. The van der Waals surface area contributed by atoms with Crippen LogP contribution in [0.15, 0.2) is 29.2 Å². The van der Waals surface area contributed by atoms with Crippen molar-refractivity contribution in [2.45, 2.75) is 32.4 Å². The first-order valence-electron chi connectivity index (χ1n) is 6.32. The molecule has 0 aliphatic rings. The number of hydrogen-bond acceptors (Lipinski definition) is 4. The molecule has 1 rings (SSSR count). The van der Waals surface area contributed by atoms with Crippen LogP contribution in [0.5, 0.6) is 0 Å². The zero-order valence-electron chi connectivity index (χ0n) is 12.5. The van der Waals surface area contributed by atoms with Gasteiger partial charge < -0.3 is 5.32 Å². The Morgan fingerprint density at radius 3 is 2.14 bits per heavy atom. The van der Waals surface area contributed by atoms with Gasteiger partial charge in [-0.3, -0.25) is 4.79 Å². The molecule has 0 bridgehead atoms. The Morgan fingerprint density at radius 2 is 1.76 bits per heavy atom. The second kappa shape index (κ2) is 6.10. The Kier molecular flexibility index (Phi) is 4.92. The van der Waals surface area contributed by atoms with Gasteiger partial charge in [-0.15, -0.1) is 0 Å². The number of nitrogens with zero attached hydrogens (tertiary/aromatic N) is 1. The van der Waals surface area contributed by atoms with Crippen molar-refractivity contribution in [2.24, 2.45) is 0 Å². The van der Waals surface area contributed by atoms with Crippen LogP contribution >= 0.6 is 0 Å². The van der Waals surface area contributed by atoms with Crippen molar-refractivity contribution >= 4 is 27.5 Å². The number of carbonyl (C=O) groups excluding carboxylic acids is 1. The summed E-state index contributed by atoms with van der Waals surface area (Å²) in [4.78, 5) is 10.6. The van der Waals surface area contributed by atoms with Crippen molar-refractivity contribution in [3.63, 3.8) is 0 Å². The van der Waals surface area contributed by atoms with Crippen LogP contribution in [-0.2, 0) is 14.6 Å². The summed E-state index contributed by atoms with van der Waals surface area (Å²) in [6, 6.07) is 8.32. The number of rotatable bonds is 3. The standard InChI is InChI=1S/C15H18N2O3S/c1-11(18)17-13-7-5-12(6-8-13)9-14(10-16)21(19,20)15(2,3)4/h5-9H,1-4H3,(H,17,18)/b14-9+. The molecule has 0 saturated carbocycles. The normalized spacial score (nSPS) is 12.6. The van der Waals surface area contributed by atoms with Crippen LogP contribution < -0.4 is 5.32 Å². The largest absolute Gasteiger partial charge is 0.326 e. The topological polar surface area (TPSA) is 87.0 Å². The molecule has 0 heterocycles. The average Bonchev–Trinajstić information content (AvgIpc) is 2.35. The Balaban J connectivity index is 3.17. The highest BCUT2D eigenvalue weighted by molar-refractivity contribution is 7.97. The van der Waals surface area contributed by atoms with Gasteiger partial charge in [0.1, 0.15) is 11.0 Å². The Morgan fingerprint density at radius 1 is 1.24 bits per heavy atom. The molecular formula is C15H18N2O3S. The minimum atomic E-state index is -3.69. The van der Waals surface area contributed by atoms with Crippen LogP contribution in [-0.4, -0.2) is 19.1 Å². The number of nitriles is 1. The van der Waals surface area contributed by atoms with Gasteiger partial charge >= 0.3 is 0 Å². The first kappa shape index (κ1) is 16.9. The lowest BCUT2D eigenvalue weighted by Gasteiger charge is -2.18. The predicted octanol–water partition coefficient (Wildman–Crippen LogP) is 2.72. The average molecular weight is 306 g/mol. The van der Waals surface area contributed by atoms with E-state index in [1.807, 2.05) is 0 Å². The minimum Gasteiger partial charge on any atom is -0.326 e. The molecule has 1 aromatic carbocycles. The van der Waals surface area contributed by atoms with Crippen molar-refractivity contribution in [3.8, 4) is 6.07 Å². The van der Waals surface area contributed by atoms with E-state index in [1.165, 1.54) is 13.0 Å². The third kappa shape index (κ3) is 4.17. The van der Waals surface area contributed by atoms with Gasteiger partial charge in [0, 0.05) is 12.6 Å². The summed E-state index contributed by atoms with van der Waals surface area (Å²) in [5, 5.41) is 11.7. The molecular weight excluding hydrogens is 288 g/mol. The number of allylic oxidation sites excluding steroid dienone is 1. The van der Waals surface area contributed by atoms with E-state index in [1.54, 1.807) is 51.1 Å². The van der Waals surface area contributed by atoms with Crippen molar-refractivity contribution in [1.82, 2.24) is 0 Å². The first-order valence-corrected chi connectivity index (χ1v) is 7.80.